The number of carbonyl (C=O) groups excluding carboxylic acids is 1. The Kier molecular flexibility index (Phi) is 4.23. The van der Waals surface area contributed by atoms with Crippen LogP contribution in [0.1, 0.15) is 30.1 Å². The Morgan fingerprint density at radius 1 is 1.38 bits per heavy atom. The summed E-state index contributed by atoms with van der Waals surface area (Å²) in [5, 5.41) is 3.11. The highest BCUT2D eigenvalue weighted by molar-refractivity contribution is 5.96. The van der Waals surface area contributed by atoms with Crippen molar-refractivity contribution >= 4 is 16.9 Å². The van der Waals surface area contributed by atoms with E-state index in [2.05, 4.69) is 10.3 Å². The van der Waals surface area contributed by atoms with E-state index in [1.807, 2.05) is 6.92 Å². The third-order valence-corrected chi connectivity index (χ3v) is 4.44. The summed E-state index contributed by atoms with van der Waals surface area (Å²) < 4.78 is 7.85. The molecule has 8 nitrogen and oxygen atoms in total. The number of nitrogens with one attached hydrogen (secondary N) is 1. The van der Waals surface area contributed by atoms with Gasteiger partial charge in [0, 0.05) is 26.9 Å². The van der Waals surface area contributed by atoms with E-state index >= 15 is 0 Å². The molecular weight excluding hydrogens is 312 g/mol. The lowest BCUT2D eigenvalue weighted by molar-refractivity contribution is 0.0712. The number of hydrogen-bond donors (Lipinski definition) is 1. The van der Waals surface area contributed by atoms with Crippen molar-refractivity contribution in [1.29, 1.82) is 0 Å². The minimum Gasteiger partial charge on any atom is -0.376 e. The van der Waals surface area contributed by atoms with Crippen LogP contribution in [0.2, 0.25) is 0 Å². The number of hydrogen-bond acceptors (Lipinski definition) is 5. The van der Waals surface area contributed by atoms with Gasteiger partial charge in [0.05, 0.1) is 23.1 Å². The zero-order chi connectivity index (χ0) is 17.4. The number of amides is 1. The Morgan fingerprint density at radius 3 is 2.79 bits per heavy atom. The van der Waals surface area contributed by atoms with Crippen molar-refractivity contribution in [2.24, 2.45) is 14.1 Å². The first kappa shape index (κ1) is 16.4. The number of fused-ring (bicyclic) bond motifs is 1. The number of nitrogens with zero attached hydrogens (tertiary/aromatic N) is 3. The van der Waals surface area contributed by atoms with Crippen LogP contribution in [0.15, 0.2) is 21.9 Å². The average molecular weight is 332 g/mol. The fourth-order valence-electron chi connectivity index (χ4n) is 2.97. The fraction of sp³-hybridized carbons (Fsp3) is 0.500. The van der Waals surface area contributed by atoms with Gasteiger partial charge in [-0.15, -0.1) is 0 Å². The Morgan fingerprint density at radius 2 is 2.12 bits per heavy atom. The number of rotatable bonds is 3. The van der Waals surface area contributed by atoms with E-state index in [1.54, 1.807) is 0 Å². The molecule has 0 unspecified atom stereocenters. The molecule has 1 aliphatic rings. The second kappa shape index (κ2) is 6.20. The molecule has 3 heterocycles. The molecule has 0 saturated carbocycles. The minimum atomic E-state index is -0.470. The first-order chi connectivity index (χ1) is 11.4. The summed E-state index contributed by atoms with van der Waals surface area (Å²) in [6.45, 7) is 2.61. The Bertz CT molecular complexity index is 909. The molecule has 1 amide bonds. The first-order valence-electron chi connectivity index (χ1n) is 7.88. The maximum Gasteiger partial charge on any atom is 0.332 e. The summed E-state index contributed by atoms with van der Waals surface area (Å²) in [6.07, 6.45) is 3.29. The lowest BCUT2D eigenvalue weighted by Gasteiger charge is -2.20. The summed E-state index contributed by atoms with van der Waals surface area (Å²) in [7, 11) is 2.94. The summed E-state index contributed by atoms with van der Waals surface area (Å²) in [5.74, 6) is -0.316. The van der Waals surface area contributed by atoms with E-state index < -0.39 is 11.2 Å². The maximum absolute atomic E-state index is 12.4. The van der Waals surface area contributed by atoms with Crippen LogP contribution in [-0.4, -0.2) is 38.8 Å². The number of pyridine rings is 1. The smallest absolute Gasteiger partial charge is 0.332 e. The quantitative estimate of drug-likeness (QED) is 0.849. The summed E-state index contributed by atoms with van der Waals surface area (Å²) >= 11 is 0. The zero-order valence-corrected chi connectivity index (χ0v) is 13.9. The van der Waals surface area contributed by atoms with E-state index in [9.17, 15) is 14.4 Å². The van der Waals surface area contributed by atoms with Gasteiger partial charge in [-0.05, 0) is 25.8 Å². The molecule has 128 valence electrons. The topological polar surface area (TPSA) is 95.2 Å². The molecule has 1 aliphatic heterocycles. The standard InChI is InChI=1S/C16H20N4O4/c1-9(12-5-4-6-24-12)18-14(21)10-7-11-13(17-8-10)19(2)16(23)20(3)15(11)22/h7-9,12H,4-6H2,1-3H3,(H,18,21)/t9-,12+/m0/s1. The van der Waals surface area contributed by atoms with Crippen LogP contribution < -0.4 is 16.6 Å². The number of aromatic nitrogens is 3. The molecule has 24 heavy (non-hydrogen) atoms. The Hall–Kier alpha value is -2.48. The first-order valence-corrected chi connectivity index (χ1v) is 7.88. The molecule has 1 N–H and O–H groups in total. The molecule has 0 aliphatic carbocycles. The highest BCUT2D eigenvalue weighted by Gasteiger charge is 2.24. The van der Waals surface area contributed by atoms with Gasteiger partial charge in [0.1, 0.15) is 5.65 Å². The van der Waals surface area contributed by atoms with E-state index in [4.69, 9.17) is 4.74 Å². The molecular formula is C16H20N4O4. The van der Waals surface area contributed by atoms with Crippen LogP contribution in [0.3, 0.4) is 0 Å². The van der Waals surface area contributed by atoms with Crippen LogP contribution in [0.4, 0.5) is 0 Å². The van der Waals surface area contributed by atoms with E-state index in [0.29, 0.717) is 6.61 Å². The Balaban J connectivity index is 1.94. The summed E-state index contributed by atoms with van der Waals surface area (Å²) in [5.41, 5.74) is -0.387. The van der Waals surface area contributed by atoms with E-state index in [0.717, 1.165) is 17.4 Å². The van der Waals surface area contributed by atoms with Gasteiger partial charge in [-0.2, -0.15) is 0 Å². The normalized spacial score (nSPS) is 18.7. The van der Waals surface area contributed by atoms with Crippen molar-refractivity contribution < 1.29 is 9.53 Å². The molecule has 1 fully saturated rings. The van der Waals surface area contributed by atoms with Crippen LogP contribution in [0.5, 0.6) is 0 Å². The van der Waals surface area contributed by atoms with Crippen molar-refractivity contribution in [3.8, 4) is 0 Å². The lowest BCUT2D eigenvalue weighted by atomic mass is 10.1. The van der Waals surface area contributed by atoms with Crippen LogP contribution in [-0.2, 0) is 18.8 Å². The van der Waals surface area contributed by atoms with Crippen molar-refractivity contribution in [1.82, 2.24) is 19.4 Å². The molecule has 0 aromatic carbocycles. The molecule has 2 aromatic rings. The molecule has 0 spiro atoms. The predicted octanol–water partition coefficient (Wildman–Crippen LogP) is -0.0705. The molecule has 3 rings (SSSR count). The molecule has 2 atom stereocenters. The fourth-order valence-corrected chi connectivity index (χ4v) is 2.97. The SMILES string of the molecule is C[C@H](NC(=O)c1cnc2c(c1)c(=O)n(C)c(=O)n2C)[C@H]1CCCO1. The van der Waals surface area contributed by atoms with E-state index in [1.165, 1.54) is 30.9 Å². The van der Waals surface area contributed by atoms with Gasteiger partial charge in [0.2, 0.25) is 0 Å². The summed E-state index contributed by atoms with van der Waals surface area (Å²) in [6, 6.07) is 1.35. The maximum atomic E-state index is 12.4. The summed E-state index contributed by atoms with van der Waals surface area (Å²) in [4.78, 5) is 40.7. The van der Waals surface area contributed by atoms with Crippen molar-refractivity contribution in [2.45, 2.75) is 31.9 Å². The van der Waals surface area contributed by atoms with Gasteiger partial charge in [-0.25, -0.2) is 9.78 Å². The monoisotopic (exact) mass is 332 g/mol. The van der Waals surface area contributed by atoms with Gasteiger partial charge < -0.3 is 10.1 Å². The lowest BCUT2D eigenvalue weighted by Crippen LogP contribution is -2.41. The van der Waals surface area contributed by atoms with Gasteiger partial charge in [0.25, 0.3) is 11.5 Å². The van der Waals surface area contributed by atoms with Crippen molar-refractivity contribution in [2.75, 3.05) is 6.61 Å². The zero-order valence-electron chi connectivity index (χ0n) is 13.9. The largest absolute Gasteiger partial charge is 0.376 e. The highest BCUT2D eigenvalue weighted by Crippen LogP contribution is 2.16. The van der Waals surface area contributed by atoms with Crippen LogP contribution >= 0.6 is 0 Å². The van der Waals surface area contributed by atoms with Crippen molar-refractivity contribution in [3.05, 3.63) is 38.7 Å². The molecule has 0 bridgehead atoms. The average Bonchev–Trinajstić information content (AvgIpc) is 3.12. The minimum absolute atomic E-state index is 0.0102. The van der Waals surface area contributed by atoms with Crippen LogP contribution in [0, 0.1) is 0 Å². The number of carbonyl (C=O) groups is 1. The van der Waals surface area contributed by atoms with Gasteiger partial charge in [-0.1, -0.05) is 0 Å². The third kappa shape index (κ3) is 2.73. The second-order valence-electron chi connectivity index (χ2n) is 6.11. The van der Waals surface area contributed by atoms with Gasteiger partial charge in [-0.3, -0.25) is 18.7 Å². The van der Waals surface area contributed by atoms with E-state index in [-0.39, 0.29) is 34.6 Å². The molecule has 0 radical (unpaired) electrons. The highest BCUT2D eigenvalue weighted by atomic mass is 16.5. The molecule has 8 heteroatoms. The van der Waals surface area contributed by atoms with Crippen molar-refractivity contribution in [3.63, 3.8) is 0 Å². The second-order valence-corrected chi connectivity index (χ2v) is 6.11. The molecule has 1 saturated heterocycles. The van der Waals surface area contributed by atoms with Gasteiger partial charge >= 0.3 is 5.69 Å². The third-order valence-electron chi connectivity index (χ3n) is 4.44. The number of aryl methyl sites for hydroxylation is 1. The molecule has 2 aromatic heterocycles. The Labute approximate surface area is 138 Å². The number of ether oxygens (including phenoxy) is 1. The van der Waals surface area contributed by atoms with Crippen LogP contribution in [0.25, 0.3) is 11.0 Å². The predicted molar refractivity (Wildman–Crippen MR) is 88.1 cm³/mol. The van der Waals surface area contributed by atoms with Gasteiger partial charge in [0.15, 0.2) is 0 Å².